The molecular weight excluding hydrogens is 817 g/mol. The van der Waals surface area contributed by atoms with Gasteiger partial charge in [-0.15, -0.1) is 0 Å². The number of unbranched alkanes of at least 4 members (excludes halogenated alkanes) is 10. The lowest BCUT2D eigenvalue weighted by atomic mass is 9.57. The molecule has 8 saturated carbocycles. The molecule has 6 atom stereocenters. The summed E-state index contributed by atoms with van der Waals surface area (Å²) in [4.78, 5) is 6.50. The molecule has 0 spiro atoms. The highest BCUT2D eigenvalue weighted by Crippen LogP contribution is 2.68. The van der Waals surface area contributed by atoms with Crippen LogP contribution in [0.1, 0.15) is 285 Å². The predicted molar refractivity (Wildman–Crippen MR) is 286 cm³/mol. The molecule has 0 heterocycles. The van der Waals surface area contributed by atoms with E-state index in [0.717, 1.165) is 83.6 Å². The molecule has 4 nitrogen and oxygen atoms in total. The van der Waals surface area contributed by atoms with Gasteiger partial charge in [0.15, 0.2) is 0 Å². The predicted octanol–water partition coefficient (Wildman–Crippen LogP) is 17.5. The maximum absolute atomic E-state index is 6.00. The standard InChI is InChI=1S/C63H114N2O2/c1-7-9-11-13-15-17-43-63(44-18-16-14-12-10-8-2)61-45-48(4)21-41-59(61)60-42-24-50(46-62(60)63)49-22-27-52(28-23-49)65(56-35-39-58(67-6)40-36-56)54-31-29-53(30-32-54)64(51-25-19-47(3)20-26-51)55-33-37-57(66-5)38-34-55/h47-62H,7-46H2,1-6H3. The molecule has 0 aromatic heterocycles. The third-order valence-electron chi connectivity index (χ3n) is 22.7. The molecule has 0 saturated heterocycles. The van der Waals surface area contributed by atoms with Gasteiger partial charge in [0.05, 0.1) is 12.2 Å². The Morgan fingerprint density at radius 3 is 1.15 bits per heavy atom. The maximum Gasteiger partial charge on any atom is 0.0572 e. The van der Waals surface area contributed by atoms with Crippen molar-refractivity contribution in [1.29, 1.82) is 0 Å². The van der Waals surface area contributed by atoms with Gasteiger partial charge in [-0.25, -0.2) is 0 Å². The van der Waals surface area contributed by atoms with E-state index >= 15 is 0 Å². The quantitative estimate of drug-likeness (QED) is 0.0954. The molecule has 0 N–H and O–H groups in total. The lowest BCUT2D eigenvalue weighted by Crippen LogP contribution is -2.57. The summed E-state index contributed by atoms with van der Waals surface area (Å²) in [5.74, 6) is 8.14. The van der Waals surface area contributed by atoms with E-state index < -0.39 is 0 Å². The van der Waals surface area contributed by atoms with Crippen molar-refractivity contribution >= 4 is 0 Å². The molecule has 388 valence electrons. The first-order chi connectivity index (χ1) is 32.8. The van der Waals surface area contributed by atoms with E-state index in [0.29, 0.717) is 17.6 Å². The maximum atomic E-state index is 6.00. The van der Waals surface area contributed by atoms with Gasteiger partial charge < -0.3 is 9.47 Å². The molecule has 0 amide bonds. The first kappa shape index (κ1) is 53.1. The Morgan fingerprint density at radius 2 is 0.701 bits per heavy atom. The van der Waals surface area contributed by atoms with E-state index in [4.69, 9.17) is 9.47 Å². The third-order valence-corrected chi connectivity index (χ3v) is 22.7. The summed E-state index contributed by atoms with van der Waals surface area (Å²) in [6, 6.07) is 4.87. The van der Waals surface area contributed by atoms with Crippen molar-refractivity contribution in [2.24, 2.45) is 52.8 Å². The Morgan fingerprint density at radius 1 is 0.358 bits per heavy atom. The van der Waals surface area contributed by atoms with Crippen LogP contribution in [0.4, 0.5) is 0 Å². The monoisotopic (exact) mass is 931 g/mol. The highest BCUT2D eigenvalue weighted by atomic mass is 16.5. The lowest BCUT2D eigenvalue weighted by molar-refractivity contribution is -0.0439. The Hall–Kier alpha value is -0.160. The van der Waals surface area contributed by atoms with E-state index in [9.17, 15) is 0 Å². The number of fused-ring (bicyclic) bond motifs is 3. The molecule has 0 aliphatic heterocycles. The van der Waals surface area contributed by atoms with E-state index in [1.54, 1.807) is 44.9 Å². The Bertz CT molecular complexity index is 1330. The van der Waals surface area contributed by atoms with Crippen LogP contribution in [0, 0.1) is 52.8 Å². The molecule has 8 rings (SSSR count). The van der Waals surface area contributed by atoms with Crippen molar-refractivity contribution in [3.8, 4) is 0 Å². The smallest absolute Gasteiger partial charge is 0.0572 e. The highest BCUT2D eigenvalue weighted by Gasteiger charge is 2.61. The van der Waals surface area contributed by atoms with Gasteiger partial charge in [0.1, 0.15) is 0 Å². The number of methoxy groups -OCH3 is 2. The molecule has 0 radical (unpaired) electrons. The Labute approximate surface area is 417 Å². The summed E-state index contributed by atoms with van der Waals surface area (Å²) in [6.45, 7) is 9.95. The van der Waals surface area contributed by atoms with Crippen LogP contribution in [0.15, 0.2) is 0 Å². The molecule has 67 heavy (non-hydrogen) atoms. The number of hydrogen-bond donors (Lipinski definition) is 0. The van der Waals surface area contributed by atoms with E-state index in [2.05, 4.69) is 37.5 Å². The summed E-state index contributed by atoms with van der Waals surface area (Å²) in [6.07, 6.45) is 59.6. The van der Waals surface area contributed by atoms with Crippen molar-refractivity contribution in [2.45, 2.75) is 333 Å². The van der Waals surface area contributed by atoms with E-state index in [1.165, 1.54) is 212 Å². The van der Waals surface area contributed by atoms with Crippen molar-refractivity contribution in [3.63, 3.8) is 0 Å². The average Bonchev–Trinajstić information content (AvgIpc) is 3.63. The molecule has 0 bridgehead atoms. The van der Waals surface area contributed by atoms with Gasteiger partial charge in [-0.1, -0.05) is 111 Å². The largest absolute Gasteiger partial charge is 0.381 e. The summed E-state index contributed by atoms with van der Waals surface area (Å²) in [5.41, 5.74) is 0.667. The minimum atomic E-state index is 0.497. The fraction of sp³-hybridized carbons (Fsp3) is 1.00. The second kappa shape index (κ2) is 26.7. The van der Waals surface area contributed by atoms with Gasteiger partial charge in [-0.3, -0.25) is 9.80 Å². The normalized spacial score (nSPS) is 40.5. The van der Waals surface area contributed by atoms with Gasteiger partial charge in [0.25, 0.3) is 0 Å². The zero-order valence-corrected chi connectivity index (χ0v) is 45.7. The second-order valence-electron chi connectivity index (χ2n) is 26.5. The molecule has 0 aromatic carbocycles. The minimum absolute atomic E-state index is 0.497. The number of hydrogen-bond acceptors (Lipinski definition) is 4. The van der Waals surface area contributed by atoms with Gasteiger partial charge in [0.2, 0.25) is 0 Å². The van der Waals surface area contributed by atoms with Gasteiger partial charge in [0, 0.05) is 50.5 Å². The molecule has 0 aromatic rings. The van der Waals surface area contributed by atoms with Crippen LogP contribution in [0.3, 0.4) is 0 Å². The fourth-order valence-corrected chi connectivity index (χ4v) is 19.0. The van der Waals surface area contributed by atoms with Crippen molar-refractivity contribution < 1.29 is 9.47 Å². The molecule has 8 fully saturated rings. The van der Waals surface area contributed by atoms with E-state index in [1.807, 2.05) is 14.2 Å². The Balaban J connectivity index is 0.934. The van der Waals surface area contributed by atoms with Crippen molar-refractivity contribution in [2.75, 3.05) is 14.2 Å². The van der Waals surface area contributed by atoms with Crippen LogP contribution in [-0.4, -0.2) is 72.5 Å². The first-order valence-corrected chi connectivity index (χ1v) is 31.5. The molecule has 6 unspecified atom stereocenters. The van der Waals surface area contributed by atoms with Crippen LogP contribution in [-0.2, 0) is 9.47 Å². The van der Waals surface area contributed by atoms with Crippen molar-refractivity contribution in [3.05, 3.63) is 0 Å². The van der Waals surface area contributed by atoms with Gasteiger partial charge >= 0.3 is 0 Å². The summed E-state index contributed by atoms with van der Waals surface area (Å²) < 4.78 is 11.9. The summed E-state index contributed by atoms with van der Waals surface area (Å²) in [5, 5.41) is 0. The molecule has 8 aliphatic rings. The van der Waals surface area contributed by atoms with E-state index in [-0.39, 0.29) is 0 Å². The van der Waals surface area contributed by atoms with Crippen LogP contribution >= 0.6 is 0 Å². The number of rotatable bonds is 23. The second-order valence-corrected chi connectivity index (χ2v) is 26.5. The topological polar surface area (TPSA) is 24.9 Å². The van der Waals surface area contributed by atoms with Crippen LogP contribution in [0.5, 0.6) is 0 Å². The van der Waals surface area contributed by atoms with Crippen LogP contribution < -0.4 is 0 Å². The minimum Gasteiger partial charge on any atom is -0.381 e. The third kappa shape index (κ3) is 13.3. The molecule has 8 aliphatic carbocycles. The first-order valence-electron chi connectivity index (χ1n) is 31.5. The molecule has 4 heteroatoms. The number of ether oxygens (including phenoxy) is 2. The summed E-state index contributed by atoms with van der Waals surface area (Å²) in [7, 11) is 3.93. The zero-order valence-electron chi connectivity index (χ0n) is 45.7. The lowest BCUT2D eigenvalue weighted by Gasteiger charge is -2.53. The van der Waals surface area contributed by atoms with Crippen LogP contribution in [0.2, 0.25) is 0 Å². The number of nitrogens with zero attached hydrogens (tertiary/aromatic N) is 2. The average molecular weight is 932 g/mol. The summed E-state index contributed by atoms with van der Waals surface area (Å²) >= 11 is 0. The van der Waals surface area contributed by atoms with Gasteiger partial charge in [-0.05, 0) is 226 Å². The SMILES string of the molecule is CCCCCCCCC1(CCCCCCCC)C2CC(C)CCC2C2CCC(C3CCC(N(C4CCC(OC)CC4)C4CCC(N(C5CCC(C)CC5)C5CCC(OC)CC5)CC4)CC3)CC21. The molecular formula is C63H114N2O2. The fourth-order valence-electron chi connectivity index (χ4n) is 19.0. The highest BCUT2D eigenvalue weighted by molar-refractivity contribution is 5.10. The van der Waals surface area contributed by atoms with Gasteiger partial charge in [-0.2, -0.15) is 0 Å². The van der Waals surface area contributed by atoms with Crippen molar-refractivity contribution in [1.82, 2.24) is 9.80 Å². The Kier molecular flexibility index (Phi) is 21.2. The van der Waals surface area contributed by atoms with Crippen LogP contribution in [0.25, 0.3) is 0 Å². The zero-order chi connectivity index (χ0) is 46.6.